The molecule has 2 aromatic heterocycles. The van der Waals surface area contributed by atoms with Gasteiger partial charge in [-0.05, 0) is 43.5 Å². The average Bonchev–Trinajstić information content (AvgIpc) is 3.23. The highest BCUT2D eigenvalue weighted by atomic mass is 16.5. The molecule has 0 saturated carbocycles. The fraction of sp³-hybridized carbons (Fsp3) is 0.455. The molecule has 6 nitrogen and oxygen atoms in total. The highest BCUT2D eigenvalue weighted by molar-refractivity contribution is 5.89. The number of aromatic nitrogens is 2. The number of nitrogens with zero attached hydrogens (tertiary/aromatic N) is 4. The first-order chi connectivity index (χ1) is 13.9. The number of rotatable bonds is 4. The van der Waals surface area contributed by atoms with Gasteiger partial charge in [0, 0.05) is 38.2 Å². The molecular weight excluding hydrogens is 352 g/mol. The van der Waals surface area contributed by atoms with Gasteiger partial charge in [0.05, 0.1) is 12.1 Å². The second-order valence-electron chi connectivity index (χ2n) is 7.64. The van der Waals surface area contributed by atoms with E-state index in [9.17, 15) is 0 Å². The zero-order valence-corrected chi connectivity index (χ0v) is 16.1. The Morgan fingerprint density at radius 1 is 0.964 bits per heavy atom. The lowest BCUT2D eigenvalue weighted by Crippen LogP contribution is -2.46. The minimum atomic E-state index is 0.144. The summed E-state index contributed by atoms with van der Waals surface area (Å²) in [5.74, 6) is 3.06. The normalized spacial score (nSPS) is 21.3. The first kappa shape index (κ1) is 17.6. The lowest BCUT2D eigenvalue weighted by atomic mass is 10.1. The van der Waals surface area contributed by atoms with Crippen LogP contribution < -0.4 is 4.90 Å². The number of piperazine rings is 1. The van der Waals surface area contributed by atoms with Crippen LogP contribution in [-0.2, 0) is 11.3 Å². The van der Waals surface area contributed by atoms with E-state index in [1.165, 1.54) is 6.42 Å². The van der Waals surface area contributed by atoms with Gasteiger partial charge in [-0.3, -0.25) is 4.90 Å². The van der Waals surface area contributed by atoms with Crippen LogP contribution in [0, 0.1) is 0 Å². The van der Waals surface area contributed by atoms with Crippen molar-refractivity contribution in [2.75, 3.05) is 37.7 Å². The number of ether oxygens (including phenoxy) is 1. The Bertz CT molecular complexity index is 922. The van der Waals surface area contributed by atoms with E-state index < -0.39 is 0 Å². The standard InChI is InChI=1S/C22H26N4O2/c1-2-6-19-18(5-1)22(24-16-23-19)26-12-10-25(11-13-26)15-17-8-9-21(28-17)20-7-3-4-14-27-20/h1-2,5-6,8-9,16,20H,3-4,7,10-15H2. The predicted octanol–water partition coefficient (Wildman–Crippen LogP) is 3.79. The summed E-state index contributed by atoms with van der Waals surface area (Å²) in [5, 5.41) is 1.13. The van der Waals surface area contributed by atoms with Crippen molar-refractivity contribution in [1.82, 2.24) is 14.9 Å². The second-order valence-corrected chi connectivity index (χ2v) is 7.64. The smallest absolute Gasteiger partial charge is 0.139 e. The summed E-state index contributed by atoms with van der Waals surface area (Å²) < 4.78 is 11.9. The summed E-state index contributed by atoms with van der Waals surface area (Å²) in [7, 11) is 0. The van der Waals surface area contributed by atoms with Crippen molar-refractivity contribution >= 4 is 16.7 Å². The van der Waals surface area contributed by atoms with E-state index in [0.29, 0.717) is 0 Å². The third kappa shape index (κ3) is 3.62. The SMILES string of the molecule is c1ccc2c(N3CCN(Cc4ccc(C5CCCCO5)o4)CC3)ncnc2c1. The molecule has 5 rings (SSSR count). The van der Waals surface area contributed by atoms with Gasteiger partial charge in [0.2, 0.25) is 0 Å². The van der Waals surface area contributed by atoms with E-state index in [1.54, 1.807) is 6.33 Å². The molecule has 4 heterocycles. The summed E-state index contributed by atoms with van der Waals surface area (Å²) in [6.07, 6.45) is 5.27. The maximum absolute atomic E-state index is 6.09. The van der Waals surface area contributed by atoms with E-state index in [0.717, 1.165) is 80.4 Å². The summed E-state index contributed by atoms with van der Waals surface area (Å²) in [6.45, 7) is 5.61. The molecule has 3 aromatic rings. The predicted molar refractivity (Wildman–Crippen MR) is 108 cm³/mol. The van der Waals surface area contributed by atoms with Crippen LogP contribution >= 0.6 is 0 Å². The van der Waals surface area contributed by atoms with Crippen LogP contribution in [0.4, 0.5) is 5.82 Å². The molecule has 1 unspecified atom stereocenters. The van der Waals surface area contributed by atoms with Crippen molar-refractivity contribution in [3.8, 4) is 0 Å². The largest absolute Gasteiger partial charge is 0.462 e. The molecule has 1 atom stereocenters. The number of anilines is 1. The Balaban J connectivity index is 1.21. The highest BCUT2D eigenvalue weighted by Crippen LogP contribution is 2.29. The van der Waals surface area contributed by atoms with Crippen molar-refractivity contribution in [1.29, 1.82) is 0 Å². The number of benzene rings is 1. The Morgan fingerprint density at radius 3 is 2.71 bits per heavy atom. The van der Waals surface area contributed by atoms with Gasteiger partial charge in [-0.2, -0.15) is 0 Å². The van der Waals surface area contributed by atoms with Crippen LogP contribution in [0.1, 0.15) is 36.9 Å². The number of hydrogen-bond acceptors (Lipinski definition) is 6. The second kappa shape index (κ2) is 7.89. The Labute approximate surface area is 165 Å². The number of para-hydroxylation sites is 1. The van der Waals surface area contributed by atoms with E-state index in [2.05, 4.69) is 44.0 Å². The van der Waals surface area contributed by atoms with Crippen LogP contribution in [0.15, 0.2) is 47.1 Å². The molecular formula is C22H26N4O2. The molecule has 2 saturated heterocycles. The average molecular weight is 378 g/mol. The minimum absolute atomic E-state index is 0.144. The van der Waals surface area contributed by atoms with Gasteiger partial charge in [0.1, 0.15) is 29.8 Å². The fourth-order valence-electron chi connectivity index (χ4n) is 4.20. The van der Waals surface area contributed by atoms with Gasteiger partial charge in [-0.15, -0.1) is 0 Å². The summed E-state index contributed by atoms with van der Waals surface area (Å²) in [5.41, 5.74) is 1.00. The molecule has 0 N–H and O–H groups in total. The van der Waals surface area contributed by atoms with Crippen LogP contribution in [-0.4, -0.2) is 47.7 Å². The lowest BCUT2D eigenvalue weighted by Gasteiger charge is -2.35. The highest BCUT2D eigenvalue weighted by Gasteiger charge is 2.23. The number of furan rings is 1. The van der Waals surface area contributed by atoms with Crippen molar-refractivity contribution < 1.29 is 9.15 Å². The molecule has 0 amide bonds. The van der Waals surface area contributed by atoms with Gasteiger partial charge >= 0.3 is 0 Å². The van der Waals surface area contributed by atoms with Gasteiger partial charge in [-0.25, -0.2) is 9.97 Å². The van der Waals surface area contributed by atoms with Crippen molar-refractivity contribution in [3.63, 3.8) is 0 Å². The molecule has 2 aliphatic heterocycles. The zero-order valence-electron chi connectivity index (χ0n) is 16.1. The summed E-state index contributed by atoms with van der Waals surface area (Å²) in [6, 6.07) is 12.4. The van der Waals surface area contributed by atoms with E-state index in [1.807, 2.05) is 12.1 Å². The molecule has 28 heavy (non-hydrogen) atoms. The molecule has 0 bridgehead atoms. The molecule has 0 aliphatic carbocycles. The van der Waals surface area contributed by atoms with Crippen LogP contribution in [0.25, 0.3) is 10.9 Å². The van der Waals surface area contributed by atoms with Gasteiger partial charge in [-0.1, -0.05) is 12.1 Å². The molecule has 6 heteroatoms. The van der Waals surface area contributed by atoms with E-state index >= 15 is 0 Å². The quantitative estimate of drug-likeness (QED) is 0.689. The topological polar surface area (TPSA) is 54.6 Å². The molecule has 2 fully saturated rings. The Morgan fingerprint density at radius 2 is 1.86 bits per heavy atom. The van der Waals surface area contributed by atoms with Crippen molar-refractivity contribution in [3.05, 3.63) is 54.2 Å². The molecule has 2 aliphatic rings. The third-order valence-corrected chi connectivity index (χ3v) is 5.75. The minimum Gasteiger partial charge on any atom is -0.462 e. The number of hydrogen-bond donors (Lipinski definition) is 0. The van der Waals surface area contributed by atoms with Gasteiger partial charge in [0.15, 0.2) is 0 Å². The molecule has 1 aromatic carbocycles. The Hall–Kier alpha value is -2.44. The molecule has 0 radical (unpaired) electrons. The maximum Gasteiger partial charge on any atom is 0.139 e. The first-order valence-electron chi connectivity index (χ1n) is 10.2. The van der Waals surface area contributed by atoms with Crippen LogP contribution in [0.5, 0.6) is 0 Å². The third-order valence-electron chi connectivity index (χ3n) is 5.75. The summed E-state index contributed by atoms with van der Waals surface area (Å²) in [4.78, 5) is 13.7. The van der Waals surface area contributed by atoms with Crippen molar-refractivity contribution in [2.24, 2.45) is 0 Å². The van der Waals surface area contributed by atoms with Crippen LogP contribution in [0.2, 0.25) is 0 Å². The Kier molecular flexibility index (Phi) is 4.97. The molecule has 146 valence electrons. The van der Waals surface area contributed by atoms with E-state index in [-0.39, 0.29) is 6.10 Å². The maximum atomic E-state index is 6.09. The lowest BCUT2D eigenvalue weighted by molar-refractivity contribution is 0.000833. The van der Waals surface area contributed by atoms with Crippen molar-refractivity contribution in [2.45, 2.75) is 31.9 Å². The monoisotopic (exact) mass is 378 g/mol. The summed E-state index contributed by atoms with van der Waals surface area (Å²) >= 11 is 0. The molecule has 0 spiro atoms. The first-order valence-corrected chi connectivity index (χ1v) is 10.2. The van der Waals surface area contributed by atoms with E-state index in [4.69, 9.17) is 9.15 Å². The zero-order chi connectivity index (χ0) is 18.8. The van der Waals surface area contributed by atoms with Crippen LogP contribution in [0.3, 0.4) is 0 Å². The number of fused-ring (bicyclic) bond motifs is 1. The van der Waals surface area contributed by atoms with Gasteiger partial charge < -0.3 is 14.1 Å². The van der Waals surface area contributed by atoms with Gasteiger partial charge in [0.25, 0.3) is 0 Å². The fourth-order valence-corrected chi connectivity index (χ4v) is 4.20.